The monoisotopic (exact) mass is 422 g/mol. The van der Waals surface area contributed by atoms with E-state index in [4.69, 9.17) is 11.6 Å². The number of nitrogens with zero attached hydrogens (tertiary/aromatic N) is 3. The Morgan fingerprint density at radius 3 is 2.50 bits per heavy atom. The average molecular weight is 423 g/mol. The summed E-state index contributed by atoms with van der Waals surface area (Å²) in [5.41, 5.74) is 2.46. The molecule has 1 aliphatic heterocycles. The number of nitrogens with one attached hydrogen (secondary N) is 1. The van der Waals surface area contributed by atoms with Gasteiger partial charge in [-0.25, -0.2) is 4.98 Å². The molecule has 1 saturated heterocycles. The summed E-state index contributed by atoms with van der Waals surface area (Å²) >= 11 is 6.03. The molecule has 0 bridgehead atoms. The van der Waals surface area contributed by atoms with Crippen LogP contribution < -0.4 is 5.32 Å². The Morgan fingerprint density at radius 2 is 1.90 bits per heavy atom. The lowest BCUT2D eigenvalue weighted by Crippen LogP contribution is -2.31. The van der Waals surface area contributed by atoms with Crippen LogP contribution in [0.1, 0.15) is 46.2 Å². The van der Waals surface area contributed by atoms with Gasteiger partial charge < -0.3 is 14.8 Å². The number of aromatic nitrogens is 2. The van der Waals surface area contributed by atoms with Gasteiger partial charge >= 0.3 is 0 Å². The fourth-order valence-electron chi connectivity index (χ4n) is 3.68. The van der Waals surface area contributed by atoms with Crippen LogP contribution >= 0.6 is 11.6 Å². The number of hydrogen-bond donors (Lipinski definition) is 1. The second kappa shape index (κ2) is 8.71. The van der Waals surface area contributed by atoms with Gasteiger partial charge in [0.1, 0.15) is 11.9 Å². The number of rotatable bonds is 6. The lowest BCUT2D eigenvalue weighted by atomic mass is 10.0. The molecule has 154 valence electrons. The molecule has 7 heteroatoms. The number of aryl methyl sites for hydroxylation is 1. The van der Waals surface area contributed by atoms with E-state index in [0.29, 0.717) is 23.6 Å². The molecule has 4 rings (SSSR count). The second-order valence-electron chi connectivity index (χ2n) is 7.47. The summed E-state index contributed by atoms with van der Waals surface area (Å²) in [4.78, 5) is 31.1. The van der Waals surface area contributed by atoms with E-state index in [1.807, 2.05) is 47.0 Å². The molecule has 0 saturated carbocycles. The Balaban J connectivity index is 1.51. The van der Waals surface area contributed by atoms with Crippen molar-refractivity contribution < 1.29 is 9.59 Å². The number of benzene rings is 2. The van der Waals surface area contributed by atoms with Gasteiger partial charge in [0.2, 0.25) is 5.91 Å². The van der Waals surface area contributed by atoms with Crippen molar-refractivity contribution in [2.75, 3.05) is 6.54 Å². The summed E-state index contributed by atoms with van der Waals surface area (Å²) in [6.45, 7) is 1.38. The van der Waals surface area contributed by atoms with Gasteiger partial charge in [-0.2, -0.15) is 0 Å². The number of likely N-dealkylation sites (tertiary alicyclic amines) is 1. The third-order valence-corrected chi connectivity index (χ3v) is 5.61. The van der Waals surface area contributed by atoms with E-state index in [1.54, 1.807) is 30.5 Å². The molecule has 2 amide bonds. The lowest BCUT2D eigenvalue weighted by Gasteiger charge is -2.20. The van der Waals surface area contributed by atoms with Crippen LogP contribution in [-0.2, 0) is 18.4 Å². The first-order valence-corrected chi connectivity index (χ1v) is 10.3. The standard InChI is InChI=1S/C23H23ClN4O2/c1-27-14-12-25-22(27)21(17-8-10-19(24)11-9-17)26-23(30)18-6-4-16(5-7-18)15-28-13-2-3-20(28)29/h4-12,14,21H,2-3,13,15H2,1H3,(H,26,30)/t21-/m0/s1. The molecule has 0 spiro atoms. The maximum atomic E-state index is 13.0. The molecule has 1 fully saturated rings. The summed E-state index contributed by atoms with van der Waals surface area (Å²) in [6, 6.07) is 14.4. The first-order chi connectivity index (χ1) is 14.5. The fourth-order valence-corrected chi connectivity index (χ4v) is 3.80. The summed E-state index contributed by atoms with van der Waals surface area (Å²) in [5, 5.41) is 3.72. The number of imidazole rings is 1. The highest BCUT2D eigenvalue weighted by Crippen LogP contribution is 2.23. The summed E-state index contributed by atoms with van der Waals surface area (Å²) < 4.78 is 1.88. The van der Waals surface area contributed by atoms with Crippen LogP contribution in [0, 0.1) is 0 Å². The Labute approximate surface area is 180 Å². The molecule has 0 radical (unpaired) electrons. The zero-order chi connectivity index (χ0) is 21.1. The van der Waals surface area contributed by atoms with Gasteiger partial charge in [0.15, 0.2) is 0 Å². The Morgan fingerprint density at radius 1 is 1.17 bits per heavy atom. The molecule has 0 unspecified atom stereocenters. The van der Waals surface area contributed by atoms with Crippen molar-refractivity contribution in [3.63, 3.8) is 0 Å². The highest BCUT2D eigenvalue weighted by Gasteiger charge is 2.22. The molecule has 2 heterocycles. The Bertz CT molecular complexity index is 1040. The predicted molar refractivity (Wildman–Crippen MR) is 115 cm³/mol. The quantitative estimate of drug-likeness (QED) is 0.658. The average Bonchev–Trinajstić information content (AvgIpc) is 3.35. The van der Waals surface area contributed by atoms with Crippen molar-refractivity contribution in [1.82, 2.24) is 19.8 Å². The highest BCUT2D eigenvalue weighted by molar-refractivity contribution is 6.30. The number of amides is 2. The first kappa shape index (κ1) is 20.2. The van der Waals surface area contributed by atoms with E-state index < -0.39 is 6.04 Å². The van der Waals surface area contributed by atoms with Crippen LogP contribution in [0.5, 0.6) is 0 Å². The van der Waals surface area contributed by atoms with Gasteiger partial charge in [-0.05, 0) is 41.8 Å². The molecule has 6 nitrogen and oxygen atoms in total. The molecular formula is C23H23ClN4O2. The normalized spacial score (nSPS) is 14.7. The second-order valence-corrected chi connectivity index (χ2v) is 7.91. The van der Waals surface area contributed by atoms with Crippen molar-refractivity contribution in [3.8, 4) is 0 Å². The molecule has 1 aromatic heterocycles. The number of halogens is 1. The number of carbonyl (C=O) groups excluding carboxylic acids is 2. The highest BCUT2D eigenvalue weighted by atomic mass is 35.5. The van der Waals surface area contributed by atoms with Crippen molar-refractivity contribution in [3.05, 3.63) is 88.5 Å². The first-order valence-electron chi connectivity index (χ1n) is 9.91. The van der Waals surface area contributed by atoms with E-state index in [9.17, 15) is 9.59 Å². The van der Waals surface area contributed by atoms with Gasteiger partial charge in [0.05, 0.1) is 0 Å². The van der Waals surface area contributed by atoms with Crippen LogP contribution in [0.3, 0.4) is 0 Å². The third-order valence-electron chi connectivity index (χ3n) is 5.36. The molecule has 1 N–H and O–H groups in total. The van der Waals surface area contributed by atoms with E-state index in [0.717, 1.165) is 29.9 Å². The minimum Gasteiger partial charge on any atom is -0.338 e. The minimum absolute atomic E-state index is 0.192. The third kappa shape index (κ3) is 4.39. The molecular weight excluding hydrogens is 400 g/mol. The van der Waals surface area contributed by atoms with Gasteiger partial charge in [-0.1, -0.05) is 35.9 Å². The number of hydrogen-bond acceptors (Lipinski definition) is 3. The van der Waals surface area contributed by atoms with Crippen molar-refractivity contribution in [2.24, 2.45) is 7.05 Å². The predicted octanol–water partition coefficient (Wildman–Crippen LogP) is 3.72. The van der Waals surface area contributed by atoms with Crippen molar-refractivity contribution in [2.45, 2.75) is 25.4 Å². The van der Waals surface area contributed by atoms with E-state index >= 15 is 0 Å². The maximum absolute atomic E-state index is 13.0. The molecule has 0 aliphatic carbocycles. The Hall–Kier alpha value is -3.12. The zero-order valence-corrected chi connectivity index (χ0v) is 17.5. The van der Waals surface area contributed by atoms with Crippen LogP contribution in [0.15, 0.2) is 60.9 Å². The number of carbonyl (C=O) groups is 2. The minimum atomic E-state index is -0.406. The van der Waals surface area contributed by atoms with Crippen LogP contribution in [0.2, 0.25) is 5.02 Å². The summed E-state index contributed by atoms with van der Waals surface area (Å²) in [6.07, 6.45) is 5.09. The van der Waals surface area contributed by atoms with Crippen LogP contribution in [0.4, 0.5) is 0 Å². The zero-order valence-electron chi connectivity index (χ0n) is 16.7. The van der Waals surface area contributed by atoms with E-state index in [2.05, 4.69) is 10.3 Å². The summed E-state index contributed by atoms with van der Waals surface area (Å²) in [7, 11) is 1.89. The van der Waals surface area contributed by atoms with Crippen LogP contribution in [0.25, 0.3) is 0 Å². The van der Waals surface area contributed by atoms with E-state index in [1.165, 1.54) is 0 Å². The van der Waals surface area contributed by atoms with Gasteiger partial charge in [0, 0.05) is 49.5 Å². The van der Waals surface area contributed by atoms with Gasteiger partial charge in [-0.3, -0.25) is 9.59 Å². The lowest BCUT2D eigenvalue weighted by molar-refractivity contribution is -0.128. The molecule has 1 aliphatic rings. The smallest absolute Gasteiger partial charge is 0.252 e. The Kier molecular flexibility index (Phi) is 5.86. The molecule has 30 heavy (non-hydrogen) atoms. The topological polar surface area (TPSA) is 67.2 Å². The molecule has 2 aromatic carbocycles. The molecule has 3 aromatic rings. The van der Waals surface area contributed by atoms with Crippen molar-refractivity contribution in [1.29, 1.82) is 0 Å². The fraction of sp³-hybridized carbons (Fsp3) is 0.261. The largest absolute Gasteiger partial charge is 0.338 e. The summed E-state index contributed by atoms with van der Waals surface area (Å²) in [5.74, 6) is 0.731. The van der Waals surface area contributed by atoms with Crippen LogP contribution in [-0.4, -0.2) is 32.8 Å². The maximum Gasteiger partial charge on any atom is 0.252 e. The van der Waals surface area contributed by atoms with Crippen molar-refractivity contribution >= 4 is 23.4 Å². The SMILES string of the molecule is Cn1ccnc1[C@@H](NC(=O)c1ccc(CN2CCCC2=O)cc1)c1ccc(Cl)cc1. The van der Waals surface area contributed by atoms with E-state index in [-0.39, 0.29) is 11.8 Å². The van der Waals surface area contributed by atoms with Gasteiger partial charge in [0.25, 0.3) is 5.91 Å². The van der Waals surface area contributed by atoms with Gasteiger partial charge in [-0.15, -0.1) is 0 Å². The molecule has 1 atom stereocenters.